The van der Waals surface area contributed by atoms with Crippen LogP contribution >= 0.6 is 0 Å². The highest BCUT2D eigenvalue weighted by Crippen LogP contribution is 2.13. The Labute approximate surface area is 137 Å². The zero-order valence-electron chi connectivity index (χ0n) is 14.0. The van der Waals surface area contributed by atoms with E-state index in [1.165, 1.54) is 5.56 Å². The Morgan fingerprint density at radius 3 is 2.57 bits per heavy atom. The SMILES string of the molecule is C[C@@H](Cc1cnccn1)NC(=O)CCc1ccc(N(C)C)cc1. The molecule has 122 valence electrons. The summed E-state index contributed by atoms with van der Waals surface area (Å²) in [4.78, 5) is 22.4. The van der Waals surface area contributed by atoms with Gasteiger partial charge < -0.3 is 10.2 Å². The van der Waals surface area contributed by atoms with Crippen molar-refractivity contribution in [1.82, 2.24) is 15.3 Å². The maximum atomic E-state index is 12.0. The molecule has 0 unspecified atom stereocenters. The summed E-state index contributed by atoms with van der Waals surface area (Å²) in [5.41, 5.74) is 3.22. The lowest BCUT2D eigenvalue weighted by Gasteiger charge is -2.14. The van der Waals surface area contributed by atoms with Crippen molar-refractivity contribution in [2.75, 3.05) is 19.0 Å². The van der Waals surface area contributed by atoms with E-state index in [1.807, 2.05) is 21.0 Å². The van der Waals surface area contributed by atoms with Crippen LogP contribution in [0, 0.1) is 0 Å². The number of carbonyl (C=O) groups is 1. The number of hydrogen-bond acceptors (Lipinski definition) is 4. The molecular weight excluding hydrogens is 288 g/mol. The number of amides is 1. The largest absolute Gasteiger partial charge is 0.378 e. The molecule has 2 rings (SSSR count). The summed E-state index contributed by atoms with van der Waals surface area (Å²) in [6, 6.07) is 8.35. The lowest BCUT2D eigenvalue weighted by atomic mass is 10.1. The van der Waals surface area contributed by atoms with Crippen molar-refractivity contribution in [2.45, 2.75) is 32.2 Å². The second-order valence-corrected chi connectivity index (χ2v) is 5.93. The van der Waals surface area contributed by atoms with Crippen LogP contribution in [0.4, 0.5) is 5.69 Å². The zero-order valence-corrected chi connectivity index (χ0v) is 14.0. The number of nitrogens with zero attached hydrogens (tertiary/aromatic N) is 3. The molecule has 0 saturated carbocycles. The number of nitrogens with one attached hydrogen (secondary N) is 1. The van der Waals surface area contributed by atoms with Crippen LogP contribution in [0.2, 0.25) is 0 Å². The molecule has 1 aromatic heterocycles. The van der Waals surface area contributed by atoms with Crippen molar-refractivity contribution in [1.29, 1.82) is 0 Å². The summed E-state index contributed by atoms with van der Waals surface area (Å²) in [6.45, 7) is 1.98. The lowest BCUT2D eigenvalue weighted by Crippen LogP contribution is -2.34. The minimum Gasteiger partial charge on any atom is -0.378 e. The molecular formula is C18H24N4O. The summed E-state index contributed by atoms with van der Waals surface area (Å²) >= 11 is 0. The Kier molecular flexibility index (Phi) is 6.09. The van der Waals surface area contributed by atoms with E-state index < -0.39 is 0 Å². The molecule has 0 bridgehead atoms. The molecule has 0 aliphatic heterocycles. The monoisotopic (exact) mass is 312 g/mol. The van der Waals surface area contributed by atoms with Crippen molar-refractivity contribution in [3.8, 4) is 0 Å². The van der Waals surface area contributed by atoms with E-state index in [4.69, 9.17) is 0 Å². The molecule has 0 aliphatic rings. The van der Waals surface area contributed by atoms with Crippen molar-refractivity contribution in [2.24, 2.45) is 0 Å². The molecule has 5 nitrogen and oxygen atoms in total. The van der Waals surface area contributed by atoms with Gasteiger partial charge >= 0.3 is 0 Å². The van der Waals surface area contributed by atoms with E-state index in [1.54, 1.807) is 18.6 Å². The normalized spacial score (nSPS) is 11.8. The van der Waals surface area contributed by atoms with Gasteiger partial charge in [0.05, 0.1) is 5.69 Å². The number of hydrogen-bond donors (Lipinski definition) is 1. The van der Waals surface area contributed by atoms with E-state index in [0.29, 0.717) is 12.8 Å². The van der Waals surface area contributed by atoms with Gasteiger partial charge in [-0.2, -0.15) is 0 Å². The van der Waals surface area contributed by atoms with Gasteiger partial charge in [0.25, 0.3) is 0 Å². The molecule has 2 aromatic rings. The maximum absolute atomic E-state index is 12.0. The molecule has 23 heavy (non-hydrogen) atoms. The van der Waals surface area contributed by atoms with Crippen LogP contribution in [0.25, 0.3) is 0 Å². The molecule has 0 saturated heterocycles. The molecule has 0 fully saturated rings. The van der Waals surface area contributed by atoms with Crippen molar-refractivity contribution in [3.05, 3.63) is 54.1 Å². The Morgan fingerprint density at radius 2 is 1.96 bits per heavy atom. The van der Waals surface area contributed by atoms with Crippen LogP contribution in [-0.4, -0.2) is 36.0 Å². The lowest BCUT2D eigenvalue weighted by molar-refractivity contribution is -0.121. The zero-order chi connectivity index (χ0) is 16.7. The quantitative estimate of drug-likeness (QED) is 0.852. The van der Waals surface area contributed by atoms with Gasteiger partial charge in [-0.3, -0.25) is 14.8 Å². The summed E-state index contributed by atoms with van der Waals surface area (Å²) in [7, 11) is 4.03. The van der Waals surface area contributed by atoms with Gasteiger partial charge in [0, 0.05) is 57.3 Å². The summed E-state index contributed by atoms with van der Waals surface area (Å²) in [5.74, 6) is 0.0677. The molecule has 1 amide bonds. The van der Waals surface area contributed by atoms with Gasteiger partial charge in [-0.05, 0) is 31.0 Å². The second-order valence-electron chi connectivity index (χ2n) is 5.93. The highest BCUT2D eigenvalue weighted by molar-refractivity contribution is 5.76. The number of aryl methyl sites for hydroxylation is 1. The first-order valence-electron chi connectivity index (χ1n) is 7.85. The number of carbonyl (C=O) groups excluding carboxylic acids is 1. The van der Waals surface area contributed by atoms with E-state index in [9.17, 15) is 4.79 Å². The van der Waals surface area contributed by atoms with Gasteiger partial charge in [0.2, 0.25) is 5.91 Å². The van der Waals surface area contributed by atoms with E-state index in [0.717, 1.165) is 17.8 Å². The number of benzene rings is 1. The average molecular weight is 312 g/mol. The van der Waals surface area contributed by atoms with Gasteiger partial charge in [-0.1, -0.05) is 12.1 Å². The smallest absolute Gasteiger partial charge is 0.220 e. The second kappa shape index (κ2) is 8.27. The number of aromatic nitrogens is 2. The Bertz CT molecular complexity index is 611. The predicted molar refractivity (Wildman–Crippen MR) is 92.4 cm³/mol. The minimum atomic E-state index is 0.0512. The fraction of sp³-hybridized carbons (Fsp3) is 0.389. The third kappa shape index (κ3) is 5.70. The van der Waals surface area contributed by atoms with Gasteiger partial charge in [-0.25, -0.2) is 0 Å². The summed E-state index contributed by atoms with van der Waals surface area (Å²) in [6.07, 6.45) is 6.98. The molecule has 5 heteroatoms. The van der Waals surface area contributed by atoms with E-state index in [2.05, 4.69) is 44.5 Å². The van der Waals surface area contributed by atoms with E-state index >= 15 is 0 Å². The van der Waals surface area contributed by atoms with Gasteiger partial charge in [-0.15, -0.1) is 0 Å². The standard InChI is InChI=1S/C18H24N4O/c1-14(12-16-13-19-10-11-20-16)21-18(23)9-6-15-4-7-17(8-5-15)22(2)3/h4-5,7-8,10-11,13-14H,6,9,12H2,1-3H3,(H,21,23)/t14-/m0/s1. The molecule has 1 aromatic carbocycles. The van der Waals surface area contributed by atoms with Crippen molar-refractivity contribution < 1.29 is 4.79 Å². The van der Waals surface area contributed by atoms with Crippen LogP contribution in [0.1, 0.15) is 24.6 Å². The average Bonchev–Trinajstić information content (AvgIpc) is 2.54. The Balaban J connectivity index is 1.76. The topological polar surface area (TPSA) is 58.1 Å². The number of anilines is 1. The van der Waals surface area contributed by atoms with Crippen LogP contribution in [0.3, 0.4) is 0 Å². The molecule has 0 radical (unpaired) electrons. The molecule has 1 atom stereocenters. The predicted octanol–water partition coefficient (Wildman–Crippen LogP) is 2.22. The van der Waals surface area contributed by atoms with Crippen LogP contribution in [-0.2, 0) is 17.6 Å². The van der Waals surface area contributed by atoms with Crippen LogP contribution in [0.5, 0.6) is 0 Å². The first-order chi connectivity index (χ1) is 11.0. The van der Waals surface area contributed by atoms with Gasteiger partial charge in [0.1, 0.15) is 0 Å². The fourth-order valence-corrected chi connectivity index (χ4v) is 2.37. The third-order valence-electron chi connectivity index (χ3n) is 3.63. The number of rotatable bonds is 7. The Hall–Kier alpha value is -2.43. The molecule has 0 aliphatic carbocycles. The minimum absolute atomic E-state index is 0.0512. The first kappa shape index (κ1) is 16.9. The Morgan fingerprint density at radius 1 is 1.22 bits per heavy atom. The molecule has 1 heterocycles. The third-order valence-corrected chi connectivity index (χ3v) is 3.63. The van der Waals surface area contributed by atoms with Crippen molar-refractivity contribution >= 4 is 11.6 Å². The fourth-order valence-electron chi connectivity index (χ4n) is 2.37. The highest BCUT2D eigenvalue weighted by Gasteiger charge is 2.09. The van der Waals surface area contributed by atoms with Gasteiger partial charge in [0.15, 0.2) is 0 Å². The molecule has 0 spiro atoms. The summed E-state index contributed by atoms with van der Waals surface area (Å²) in [5, 5.41) is 3.01. The molecule has 1 N–H and O–H groups in total. The first-order valence-corrected chi connectivity index (χ1v) is 7.85. The van der Waals surface area contributed by atoms with Crippen molar-refractivity contribution in [3.63, 3.8) is 0 Å². The van der Waals surface area contributed by atoms with Crippen LogP contribution < -0.4 is 10.2 Å². The van der Waals surface area contributed by atoms with Crippen LogP contribution in [0.15, 0.2) is 42.9 Å². The maximum Gasteiger partial charge on any atom is 0.220 e. The summed E-state index contributed by atoms with van der Waals surface area (Å²) < 4.78 is 0. The highest BCUT2D eigenvalue weighted by atomic mass is 16.1. The van der Waals surface area contributed by atoms with E-state index in [-0.39, 0.29) is 11.9 Å².